The number of hydrogen-bond donors (Lipinski definition) is 2. The highest BCUT2D eigenvalue weighted by molar-refractivity contribution is 5.47. The summed E-state index contributed by atoms with van der Waals surface area (Å²) in [6, 6.07) is 13.5. The number of nitrogens with zero attached hydrogens (tertiary/aromatic N) is 2. The first-order chi connectivity index (χ1) is 10.4. The van der Waals surface area contributed by atoms with Crippen molar-refractivity contribution in [2.24, 2.45) is 0 Å². The molecule has 1 aliphatic carbocycles. The number of nitrogens with one attached hydrogen (secondary N) is 2. The fourth-order valence-electron chi connectivity index (χ4n) is 3.11. The van der Waals surface area contributed by atoms with E-state index in [0.717, 1.165) is 25.6 Å². The van der Waals surface area contributed by atoms with Crippen molar-refractivity contribution in [3.63, 3.8) is 0 Å². The Morgan fingerprint density at radius 1 is 1.19 bits per heavy atom. The molecule has 2 aromatic rings. The van der Waals surface area contributed by atoms with E-state index in [1.54, 1.807) is 0 Å². The van der Waals surface area contributed by atoms with Crippen molar-refractivity contribution in [1.29, 1.82) is 0 Å². The zero-order chi connectivity index (χ0) is 14.1. The molecular formula is C17H22N4. The van der Waals surface area contributed by atoms with Crippen LogP contribution in [0.25, 0.3) is 0 Å². The minimum atomic E-state index is 0.567. The third kappa shape index (κ3) is 2.95. The average Bonchev–Trinajstić information content (AvgIpc) is 3.09. The molecule has 4 rings (SSSR count). The van der Waals surface area contributed by atoms with Gasteiger partial charge in [0.25, 0.3) is 0 Å². The molecule has 2 fully saturated rings. The average molecular weight is 282 g/mol. The molecule has 0 amide bonds. The summed E-state index contributed by atoms with van der Waals surface area (Å²) in [5.74, 6) is 0.732. The summed E-state index contributed by atoms with van der Waals surface area (Å²) < 4.78 is 0. The van der Waals surface area contributed by atoms with E-state index in [2.05, 4.69) is 56.8 Å². The van der Waals surface area contributed by atoms with Crippen molar-refractivity contribution in [2.45, 2.75) is 37.8 Å². The van der Waals surface area contributed by atoms with Gasteiger partial charge in [-0.1, -0.05) is 18.2 Å². The van der Waals surface area contributed by atoms with Crippen LogP contribution in [0.5, 0.6) is 0 Å². The molecule has 2 heterocycles. The number of H-pyrrole nitrogens is 1. The topological polar surface area (TPSA) is 44.0 Å². The van der Waals surface area contributed by atoms with Crippen molar-refractivity contribution in [1.82, 2.24) is 15.5 Å². The van der Waals surface area contributed by atoms with Crippen LogP contribution >= 0.6 is 0 Å². The lowest BCUT2D eigenvalue weighted by atomic mass is 10.2. The SMILES string of the molecule is c1ccc(N2CCC(NCc3cc(C4CC4)n[nH]3)C2)cc1. The maximum Gasteiger partial charge on any atom is 0.0656 e. The molecule has 110 valence electrons. The number of benzene rings is 1. The molecule has 4 heteroatoms. The largest absolute Gasteiger partial charge is 0.370 e. The minimum absolute atomic E-state index is 0.567. The molecule has 0 radical (unpaired) electrons. The molecule has 1 unspecified atom stereocenters. The van der Waals surface area contributed by atoms with E-state index in [4.69, 9.17) is 0 Å². The summed E-state index contributed by atoms with van der Waals surface area (Å²) in [6.45, 7) is 3.12. The van der Waals surface area contributed by atoms with Crippen LogP contribution in [0.2, 0.25) is 0 Å². The third-order valence-corrected chi connectivity index (χ3v) is 4.54. The molecule has 0 bridgehead atoms. The van der Waals surface area contributed by atoms with Gasteiger partial charge in [-0.2, -0.15) is 5.10 Å². The van der Waals surface area contributed by atoms with E-state index in [-0.39, 0.29) is 0 Å². The second kappa shape index (κ2) is 5.53. The molecule has 21 heavy (non-hydrogen) atoms. The van der Waals surface area contributed by atoms with E-state index in [1.807, 2.05) is 0 Å². The Balaban J connectivity index is 1.30. The van der Waals surface area contributed by atoms with Gasteiger partial charge < -0.3 is 10.2 Å². The van der Waals surface area contributed by atoms with Crippen molar-refractivity contribution in [3.8, 4) is 0 Å². The fourth-order valence-corrected chi connectivity index (χ4v) is 3.11. The lowest BCUT2D eigenvalue weighted by Crippen LogP contribution is -2.32. The lowest BCUT2D eigenvalue weighted by Gasteiger charge is -2.18. The van der Waals surface area contributed by atoms with Crippen LogP contribution in [-0.2, 0) is 6.54 Å². The van der Waals surface area contributed by atoms with Crippen molar-refractivity contribution in [3.05, 3.63) is 47.8 Å². The van der Waals surface area contributed by atoms with Gasteiger partial charge in [0.15, 0.2) is 0 Å². The van der Waals surface area contributed by atoms with Gasteiger partial charge in [0.05, 0.1) is 5.69 Å². The van der Waals surface area contributed by atoms with E-state index < -0.39 is 0 Å². The Hall–Kier alpha value is -1.81. The van der Waals surface area contributed by atoms with Crippen molar-refractivity contribution >= 4 is 5.69 Å². The highest BCUT2D eigenvalue weighted by atomic mass is 15.2. The normalized spacial score (nSPS) is 21.9. The lowest BCUT2D eigenvalue weighted by molar-refractivity contribution is 0.545. The molecule has 1 saturated heterocycles. The van der Waals surface area contributed by atoms with Gasteiger partial charge in [-0.3, -0.25) is 5.10 Å². The van der Waals surface area contributed by atoms with E-state index >= 15 is 0 Å². The second-order valence-electron chi connectivity index (χ2n) is 6.24. The standard InChI is InChI=1S/C17H22N4/c1-2-4-16(5-3-1)21-9-8-14(12-21)18-11-15-10-17(20-19-15)13-6-7-13/h1-5,10,13-14,18H,6-9,11-12H2,(H,19,20). The van der Waals surface area contributed by atoms with Gasteiger partial charge in [0, 0.05) is 43.0 Å². The number of aromatic nitrogens is 2. The Morgan fingerprint density at radius 3 is 2.86 bits per heavy atom. The summed E-state index contributed by atoms with van der Waals surface area (Å²) in [4.78, 5) is 2.46. The molecule has 1 aromatic heterocycles. The minimum Gasteiger partial charge on any atom is -0.370 e. The zero-order valence-electron chi connectivity index (χ0n) is 12.3. The second-order valence-corrected chi connectivity index (χ2v) is 6.24. The Kier molecular flexibility index (Phi) is 3.39. The summed E-state index contributed by atoms with van der Waals surface area (Å²) in [6.07, 6.45) is 3.83. The zero-order valence-corrected chi connectivity index (χ0v) is 12.3. The molecule has 1 atom stereocenters. The molecular weight excluding hydrogens is 260 g/mol. The predicted octanol–water partition coefficient (Wildman–Crippen LogP) is 2.66. The molecule has 0 spiro atoms. The van der Waals surface area contributed by atoms with Gasteiger partial charge in [0.1, 0.15) is 0 Å². The molecule has 4 nitrogen and oxygen atoms in total. The highest BCUT2D eigenvalue weighted by Gasteiger charge is 2.26. The summed E-state index contributed by atoms with van der Waals surface area (Å²) >= 11 is 0. The third-order valence-electron chi connectivity index (χ3n) is 4.54. The van der Waals surface area contributed by atoms with Crippen LogP contribution in [-0.4, -0.2) is 29.3 Å². The predicted molar refractivity (Wildman–Crippen MR) is 84.5 cm³/mol. The van der Waals surface area contributed by atoms with Crippen LogP contribution in [0.4, 0.5) is 5.69 Å². The number of anilines is 1. The van der Waals surface area contributed by atoms with Crippen LogP contribution in [0, 0.1) is 0 Å². The summed E-state index contributed by atoms with van der Waals surface area (Å²) in [5.41, 5.74) is 3.80. The van der Waals surface area contributed by atoms with Crippen LogP contribution in [0.1, 0.15) is 36.6 Å². The molecule has 2 N–H and O–H groups in total. The molecule has 2 aliphatic rings. The van der Waals surface area contributed by atoms with Gasteiger partial charge in [-0.05, 0) is 37.5 Å². The van der Waals surface area contributed by atoms with E-state index in [9.17, 15) is 0 Å². The number of rotatable bonds is 5. The van der Waals surface area contributed by atoms with Gasteiger partial charge >= 0.3 is 0 Å². The first-order valence-electron chi connectivity index (χ1n) is 7.96. The van der Waals surface area contributed by atoms with Crippen molar-refractivity contribution in [2.75, 3.05) is 18.0 Å². The quantitative estimate of drug-likeness (QED) is 0.886. The monoisotopic (exact) mass is 282 g/mol. The van der Waals surface area contributed by atoms with E-state index in [1.165, 1.54) is 36.3 Å². The molecule has 1 aromatic carbocycles. The van der Waals surface area contributed by atoms with Gasteiger partial charge in [-0.25, -0.2) is 0 Å². The van der Waals surface area contributed by atoms with Crippen molar-refractivity contribution < 1.29 is 0 Å². The van der Waals surface area contributed by atoms with Gasteiger partial charge in [-0.15, -0.1) is 0 Å². The van der Waals surface area contributed by atoms with Crippen LogP contribution in [0.3, 0.4) is 0 Å². The summed E-state index contributed by atoms with van der Waals surface area (Å²) in [7, 11) is 0. The van der Waals surface area contributed by atoms with E-state index in [0.29, 0.717) is 6.04 Å². The number of para-hydroxylation sites is 1. The maximum absolute atomic E-state index is 4.41. The highest BCUT2D eigenvalue weighted by Crippen LogP contribution is 2.38. The first-order valence-corrected chi connectivity index (χ1v) is 7.96. The Labute approximate surface area is 125 Å². The number of hydrogen-bond acceptors (Lipinski definition) is 3. The van der Waals surface area contributed by atoms with Crippen LogP contribution in [0.15, 0.2) is 36.4 Å². The fraction of sp³-hybridized carbons (Fsp3) is 0.471. The molecule has 1 saturated carbocycles. The van der Waals surface area contributed by atoms with Crippen LogP contribution < -0.4 is 10.2 Å². The summed E-state index contributed by atoms with van der Waals surface area (Å²) in [5, 5.41) is 11.2. The smallest absolute Gasteiger partial charge is 0.0656 e. The Morgan fingerprint density at radius 2 is 2.05 bits per heavy atom. The maximum atomic E-state index is 4.41. The molecule has 1 aliphatic heterocycles. The number of aromatic amines is 1. The Bertz CT molecular complexity index is 588. The first kappa shape index (κ1) is 12.9. The van der Waals surface area contributed by atoms with Gasteiger partial charge in [0.2, 0.25) is 0 Å².